The van der Waals surface area contributed by atoms with Crippen molar-refractivity contribution in [2.75, 3.05) is 42.3 Å². The van der Waals surface area contributed by atoms with Gasteiger partial charge in [-0.1, -0.05) is 0 Å². The van der Waals surface area contributed by atoms with Gasteiger partial charge in [-0.3, -0.25) is 4.57 Å². The van der Waals surface area contributed by atoms with Gasteiger partial charge in [0.1, 0.15) is 0 Å². The fourth-order valence-electron chi connectivity index (χ4n) is 1.07. The molecule has 0 aliphatic heterocycles. The van der Waals surface area contributed by atoms with Crippen LogP contribution in [0.15, 0.2) is 0 Å². The van der Waals surface area contributed by atoms with Crippen LogP contribution in [0, 0.1) is 96.4 Å². The standard InChI is InChI=1S/C6H18N3OP.3C3H5.La/c1-7(2)11(10,8(3)4)9(5)6;3*1-3-2;/h1-6H3;3*3H,1-2H2;. The first kappa shape index (κ1) is 33.8. The Hall–Kier alpha value is 1.30. The summed E-state index contributed by atoms with van der Waals surface area (Å²) in [6.45, 7) is 19.5. The second-order valence-corrected chi connectivity index (χ2v) is 7.35. The molecule has 0 rings (SSSR count). The van der Waals surface area contributed by atoms with E-state index in [-0.39, 0.29) is 35.6 Å². The maximum Gasteiger partial charge on any atom is 0.285 e. The molecule has 0 aromatic rings. The minimum Gasteiger partial charge on any atom is -0.270 e. The molecule has 0 aromatic heterocycles. The maximum absolute atomic E-state index is 12.1. The molecule has 6 heteroatoms. The summed E-state index contributed by atoms with van der Waals surface area (Å²) in [6.07, 6.45) is 4.50. The maximum atomic E-state index is 12.1. The van der Waals surface area contributed by atoms with Crippen molar-refractivity contribution in [2.24, 2.45) is 0 Å². The Bertz CT molecular complexity index is 180. The van der Waals surface area contributed by atoms with Crippen LogP contribution in [0.2, 0.25) is 0 Å². The molecule has 0 aliphatic rings. The summed E-state index contributed by atoms with van der Waals surface area (Å²) < 4.78 is 17.3. The molecule has 0 spiro atoms. The molecule has 0 N–H and O–H groups in total. The fraction of sp³-hybridized carbons (Fsp3) is 0.400. The predicted octanol–water partition coefficient (Wildman–Crippen LogP) is 3.36. The summed E-state index contributed by atoms with van der Waals surface area (Å²) in [4.78, 5) is 0. The van der Waals surface area contributed by atoms with Gasteiger partial charge in [0, 0.05) is 35.6 Å². The van der Waals surface area contributed by atoms with Gasteiger partial charge >= 0.3 is 0 Å². The smallest absolute Gasteiger partial charge is 0.270 e. The molecule has 21 heavy (non-hydrogen) atoms. The van der Waals surface area contributed by atoms with E-state index in [2.05, 4.69) is 41.5 Å². The molecule has 0 saturated carbocycles. The van der Waals surface area contributed by atoms with E-state index in [4.69, 9.17) is 0 Å². The molecule has 0 heterocycles. The summed E-state index contributed by atoms with van der Waals surface area (Å²) >= 11 is 0. The van der Waals surface area contributed by atoms with E-state index in [0.717, 1.165) is 0 Å². The third kappa shape index (κ3) is 21.3. The van der Waals surface area contributed by atoms with Crippen molar-refractivity contribution in [3.63, 3.8) is 0 Å². The predicted molar refractivity (Wildman–Crippen MR) is 93.7 cm³/mol. The summed E-state index contributed by atoms with van der Waals surface area (Å²) in [5.41, 5.74) is 0. The molecule has 0 atom stereocenters. The van der Waals surface area contributed by atoms with Crippen LogP contribution in [0.3, 0.4) is 0 Å². The molecule has 10 radical (unpaired) electrons. The van der Waals surface area contributed by atoms with Crippen LogP contribution in [0.1, 0.15) is 0 Å². The molecule has 0 aliphatic carbocycles. The van der Waals surface area contributed by atoms with Crippen molar-refractivity contribution in [3.05, 3.63) is 60.8 Å². The van der Waals surface area contributed by atoms with E-state index in [0.29, 0.717) is 0 Å². The zero-order valence-electron chi connectivity index (χ0n) is 14.7. The van der Waals surface area contributed by atoms with Gasteiger partial charge in [0.15, 0.2) is 0 Å². The average molecular weight is 441 g/mol. The second kappa shape index (κ2) is 23.6. The Morgan fingerprint density at radius 1 is 0.619 bits per heavy atom. The van der Waals surface area contributed by atoms with Crippen LogP contribution < -0.4 is 0 Å². The second-order valence-electron chi connectivity index (χ2n) is 3.92. The van der Waals surface area contributed by atoms with E-state index in [1.807, 2.05) is 42.3 Å². The minimum atomic E-state index is -2.44. The third-order valence-corrected chi connectivity index (χ3v) is 4.69. The SMILES string of the molecule is CN(C)P(=O)(N(C)C)N(C)C.[CH2][CH][CH2].[CH2][CH][CH2].[CH2][CH][CH2].[La]. The summed E-state index contributed by atoms with van der Waals surface area (Å²) in [5.74, 6) is 0. The Kier molecular flexibility index (Phi) is 37.9. The largest absolute Gasteiger partial charge is 0.285 e. The van der Waals surface area contributed by atoms with Crippen LogP contribution in [0.25, 0.3) is 0 Å². The molecule has 122 valence electrons. The van der Waals surface area contributed by atoms with Gasteiger partial charge in [-0.05, 0) is 103 Å². The van der Waals surface area contributed by atoms with E-state index in [9.17, 15) is 4.57 Å². The first-order valence-electron chi connectivity index (χ1n) is 5.92. The zero-order chi connectivity index (χ0) is 17.4. The fourth-order valence-corrected chi connectivity index (χ4v) is 3.22. The monoisotopic (exact) mass is 441 g/mol. The Balaban J connectivity index is -0.0000000711. The van der Waals surface area contributed by atoms with Gasteiger partial charge in [-0.15, -0.1) is 0 Å². The van der Waals surface area contributed by atoms with Gasteiger partial charge in [-0.25, -0.2) is 14.0 Å². The average Bonchev–Trinajstić information content (AvgIpc) is 2.30. The van der Waals surface area contributed by atoms with E-state index >= 15 is 0 Å². The summed E-state index contributed by atoms with van der Waals surface area (Å²) in [7, 11) is 8.49. The van der Waals surface area contributed by atoms with Gasteiger partial charge < -0.3 is 0 Å². The van der Waals surface area contributed by atoms with Crippen LogP contribution in [0.4, 0.5) is 0 Å². The molecule has 0 fully saturated rings. The first-order chi connectivity index (χ1) is 9.07. The molecule has 0 saturated heterocycles. The minimum absolute atomic E-state index is 0. The normalized spacial score (nSPS) is 9.67. The van der Waals surface area contributed by atoms with Crippen molar-refractivity contribution < 1.29 is 40.2 Å². The molecule has 4 nitrogen and oxygen atoms in total. The number of hydrogen-bond acceptors (Lipinski definition) is 1. The van der Waals surface area contributed by atoms with Crippen molar-refractivity contribution in [1.82, 2.24) is 14.0 Å². The Morgan fingerprint density at radius 2 is 0.714 bits per heavy atom. The summed E-state index contributed by atoms with van der Waals surface area (Å²) in [5, 5.41) is 0. The van der Waals surface area contributed by atoms with E-state index in [1.54, 1.807) is 14.0 Å². The topological polar surface area (TPSA) is 26.8 Å². The molecule has 0 amide bonds. The first-order valence-corrected chi connectivity index (χ1v) is 7.48. The van der Waals surface area contributed by atoms with E-state index in [1.165, 1.54) is 19.3 Å². The number of rotatable bonds is 3. The molecule has 0 unspecified atom stereocenters. The third-order valence-electron chi connectivity index (χ3n) is 1.56. The van der Waals surface area contributed by atoms with Crippen molar-refractivity contribution in [3.8, 4) is 0 Å². The Morgan fingerprint density at radius 3 is 0.714 bits per heavy atom. The van der Waals surface area contributed by atoms with Crippen molar-refractivity contribution >= 4 is 7.59 Å². The van der Waals surface area contributed by atoms with Crippen LogP contribution in [0.5, 0.6) is 0 Å². The van der Waals surface area contributed by atoms with Crippen LogP contribution in [-0.2, 0) is 4.57 Å². The van der Waals surface area contributed by atoms with Gasteiger partial charge in [0.25, 0.3) is 7.59 Å². The number of nitrogens with zero attached hydrogens (tertiary/aromatic N) is 3. The number of hydrogen-bond donors (Lipinski definition) is 0. The quantitative estimate of drug-likeness (QED) is 0.628. The molecular formula is C15H33LaN3OP. The van der Waals surface area contributed by atoms with Gasteiger partial charge in [0.05, 0.1) is 0 Å². The van der Waals surface area contributed by atoms with E-state index < -0.39 is 7.59 Å². The van der Waals surface area contributed by atoms with Crippen LogP contribution in [-0.4, -0.2) is 56.3 Å². The van der Waals surface area contributed by atoms with Gasteiger partial charge in [-0.2, -0.15) is 0 Å². The van der Waals surface area contributed by atoms with Crippen molar-refractivity contribution in [1.29, 1.82) is 0 Å². The van der Waals surface area contributed by atoms with Crippen LogP contribution >= 0.6 is 7.59 Å². The summed E-state index contributed by atoms with van der Waals surface area (Å²) in [6, 6.07) is 0. The van der Waals surface area contributed by atoms with Crippen molar-refractivity contribution in [2.45, 2.75) is 0 Å². The molecule has 0 bridgehead atoms. The Labute approximate surface area is 164 Å². The molecular weight excluding hydrogens is 408 g/mol. The molecule has 0 aromatic carbocycles. The van der Waals surface area contributed by atoms with Gasteiger partial charge in [0.2, 0.25) is 0 Å². The zero-order valence-corrected chi connectivity index (χ0v) is 19.3.